The second-order valence-corrected chi connectivity index (χ2v) is 8.20. The fourth-order valence-corrected chi connectivity index (χ4v) is 4.79. The second kappa shape index (κ2) is 6.42. The maximum absolute atomic E-state index is 12.7. The Morgan fingerprint density at radius 1 is 1.22 bits per heavy atom. The number of imide groups is 1. The Hall–Kier alpha value is -2.25. The summed E-state index contributed by atoms with van der Waals surface area (Å²) in [6.07, 6.45) is 2.05. The third-order valence-electron chi connectivity index (χ3n) is 6.42. The molecular weight excluding hydrogens is 344 g/mol. The van der Waals surface area contributed by atoms with Crippen molar-refractivity contribution in [2.24, 2.45) is 11.8 Å². The molecule has 27 heavy (non-hydrogen) atoms. The largest absolute Gasteiger partial charge is 0.322 e. The molecule has 1 saturated carbocycles. The quantitative estimate of drug-likeness (QED) is 0.644. The fraction of sp³-hybridized carbons (Fsp3) is 0.550. The normalized spacial score (nSPS) is 31.7. The van der Waals surface area contributed by atoms with Crippen molar-refractivity contribution in [1.82, 2.24) is 20.9 Å². The molecule has 1 unspecified atom stereocenters. The summed E-state index contributed by atoms with van der Waals surface area (Å²) < 4.78 is 0. The van der Waals surface area contributed by atoms with Crippen LogP contribution in [0.4, 0.5) is 0 Å². The summed E-state index contributed by atoms with van der Waals surface area (Å²) in [5.74, 6) is 1.02. The molecule has 0 spiro atoms. The summed E-state index contributed by atoms with van der Waals surface area (Å²) in [6.45, 7) is 3.34. The van der Waals surface area contributed by atoms with Gasteiger partial charge in [0.25, 0.3) is 5.91 Å². The number of carbonyl (C=O) groups excluding carboxylic acids is 3. The van der Waals surface area contributed by atoms with Gasteiger partial charge in [-0.2, -0.15) is 0 Å². The molecule has 7 heteroatoms. The van der Waals surface area contributed by atoms with Crippen molar-refractivity contribution in [3.63, 3.8) is 0 Å². The minimum atomic E-state index is -0.552. The Labute approximate surface area is 157 Å². The zero-order valence-corrected chi connectivity index (χ0v) is 15.2. The first kappa shape index (κ1) is 16.9. The summed E-state index contributed by atoms with van der Waals surface area (Å²) in [6, 6.07) is 5.96. The number of hydrogen-bond donors (Lipinski definition) is 3. The van der Waals surface area contributed by atoms with E-state index in [1.54, 1.807) is 4.90 Å². The molecule has 1 aliphatic carbocycles. The van der Waals surface area contributed by atoms with Gasteiger partial charge < -0.3 is 15.5 Å². The van der Waals surface area contributed by atoms with E-state index in [2.05, 4.69) is 22.0 Å². The number of fused-ring (bicyclic) bond motifs is 2. The van der Waals surface area contributed by atoms with E-state index in [0.29, 0.717) is 24.6 Å². The highest BCUT2D eigenvalue weighted by Gasteiger charge is 2.47. The first-order valence-corrected chi connectivity index (χ1v) is 9.81. The monoisotopic (exact) mass is 368 g/mol. The van der Waals surface area contributed by atoms with Gasteiger partial charge in [0.15, 0.2) is 0 Å². The van der Waals surface area contributed by atoms with Crippen LogP contribution in [0, 0.1) is 11.8 Å². The molecule has 1 aromatic rings. The van der Waals surface area contributed by atoms with Gasteiger partial charge in [0.2, 0.25) is 11.8 Å². The number of piperidine rings is 2. The second-order valence-electron chi connectivity index (χ2n) is 8.20. The van der Waals surface area contributed by atoms with Gasteiger partial charge in [-0.05, 0) is 48.4 Å². The number of rotatable bonds is 5. The molecule has 3 heterocycles. The predicted octanol–water partition coefficient (Wildman–Crippen LogP) is 0.145. The fourth-order valence-electron chi connectivity index (χ4n) is 4.79. The molecule has 3 aliphatic heterocycles. The molecule has 3 N–H and O–H groups in total. The Kier molecular flexibility index (Phi) is 4.02. The highest BCUT2D eigenvalue weighted by atomic mass is 16.2. The van der Waals surface area contributed by atoms with Gasteiger partial charge in [-0.3, -0.25) is 19.7 Å². The number of amides is 3. The van der Waals surface area contributed by atoms with Crippen LogP contribution in [-0.2, 0) is 22.7 Å². The van der Waals surface area contributed by atoms with Crippen molar-refractivity contribution >= 4 is 17.7 Å². The Morgan fingerprint density at radius 2 is 2.11 bits per heavy atom. The Morgan fingerprint density at radius 3 is 2.85 bits per heavy atom. The first-order valence-electron chi connectivity index (χ1n) is 9.81. The number of nitrogens with one attached hydrogen (secondary N) is 3. The molecule has 0 aromatic heterocycles. The Balaban J connectivity index is 1.22. The summed E-state index contributed by atoms with van der Waals surface area (Å²) in [4.78, 5) is 37.8. The highest BCUT2D eigenvalue weighted by molar-refractivity contribution is 6.05. The summed E-state index contributed by atoms with van der Waals surface area (Å²) in [5, 5.41) is 9.43. The maximum Gasteiger partial charge on any atom is 0.255 e. The van der Waals surface area contributed by atoms with Crippen LogP contribution in [0.15, 0.2) is 18.2 Å². The van der Waals surface area contributed by atoms with Crippen molar-refractivity contribution in [3.8, 4) is 0 Å². The van der Waals surface area contributed by atoms with E-state index in [4.69, 9.17) is 0 Å². The van der Waals surface area contributed by atoms with Gasteiger partial charge in [-0.1, -0.05) is 12.1 Å². The van der Waals surface area contributed by atoms with Crippen LogP contribution in [0.5, 0.6) is 0 Å². The molecule has 4 atom stereocenters. The smallest absolute Gasteiger partial charge is 0.255 e. The van der Waals surface area contributed by atoms with E-state index in [1.165, 1.54) is 6.42 Å². The van der Waals surface area contributed by atoms with E-state index < -0.39 is 6.04 Å². The molecule has 1 aromatic carbocycles. The average Bonchev–Trinajstić information content (AvgIpc) is 3.22. The molecule has 4 aliphatic rings. The van der Waals surface area contributed by atoms with Crippen LogP contribution in [0.2, 0.25) is 0 Å². The van der Waals surface area contributed by atoms with Crippen LogP contribution < -0.4 is 16.0 Å². The molecule has 3 amide bonds. The van der Waals surface area contributed by atoms with Gasteiger partial charge in [-0.15, -0.1) is 0 Å². The van der Waals surface area contributed by atoms with Gasteiger partial charge in [0, 0.05) is 37.7 Å². The lowest BCUT2D eigenvalue weighted by Crippen LogP contribution is -2.52. The lowest BCUT2D eigenvalue weighted by Gasteiger charge is -2.29. The van der Waals surface area contributed by atoms with Crippen LogP contribution in [0.1, 0.15) is 40.7 Å². The van der Waals surface area contributed by atoms with Gasteiger partial charge in [-0.25, -0.2) is 0 Å². The van der Waals surface area contributed by atoms with Crippen LogP contribution >= 0.6 is 0 Å². The molecule has 5 rings (SSSR count). The summed E-state index contributed by atoms with van der Waals surface area (Å²) in [7, 11) is 0. The number of hydrogen-bond acceptors (Lipinski definition) is 5. The molecular formula is C20H24N4O3. The van der Waals surface area contributed by atoms with E-state index in [1.807, 2.05) is 12.1 Å². The van der Waals surface area contributed by atoms with E-state index in [0.717, 1.165) is 42.6 Å². The van der Waals surface area contributed by atoms with Crippen LogP contribution in [0.25, 0.3) is 0 Å². The number of benzene rings is 1. The first-order chi connectivity index (χ1) is 13.1. The molecule has 0 radical (unpaired) electrons. The van der Waals surface area contributed by atoms with E-state index in [9.17, 15) is 14.4 Å². The molecule has 2 saturated heterocycles. The third kappa shape index (κ3) is 3.04. The topological polar surface area (TPSA) is 90.5 Å². The predicted molar refractivity (Wildman–Crippen MR) is 97.6 cm³/mol. The average molecular weight is 368 g/mol. The zero-order valence-electron chi connectivity index (χ0n) is 15.2. The van der Waals surface area contributed by atoms with Crippen molar-refractivity contribution in [2.75, 3.05) is 13.1 Å². The lowest BCUT2D eigenvalue weighted by atomic mass is 10.0. The Bertz CT molecular complexity index is 823. The standard InChI is InChI=1S/C20H24N4O3/c25-18-4-3-17(19(26)23-18)24-10-13-5-11(1-2-14(13)20(24)27)7-21-9-16-15-6-12(15)8-22-16/h1-2,5,12,15-17,21-22H,3-4,6-10H2,(H,23,25,26)/t12-,15-,16+,17?/m0/s1. The van der Waals surface area contributed by atoms with Crippen molar-refractivity contribution < 1.29 is 14.4 Å². The van der Waals surface area contributed by atoms with Crippen LogP contribution in [0.3, 0.4) is 0 Å². The van der Waals surface area contributed by atoms with E-state index in [-0.39, 0.29) is 24.1 Å². The molecule has 142 valence electrons. The minimum Gasteiger partial charge on any atom is -0.322 e. The maximum atomic E-state index is 12.7. The minimum absolute atomic E-state index is 0.117. The van der Waals surface area contributed by atoms with Crippen molar-refractivity contribution in [1.29, 1.82) is 0 Å². The zero-order chi connectivity index (χ0) is 18.5. The SMILES string of the molecule is O=C1CCC(N2Cc3cc(CNC[C@H]4NC[C@@H]5C[C@@H]54)ccc3C2=O)C(=O)N1. The van der Waals surface area contributed by atoms with Gasteiger partial charge in [0.05, 0.1) is 0 Å². The van der Waals surface area contributed by atoms with Crippen LogP contribution in [-0.4, -0.2) is 47.8 Å². The number of nitrogens with zero attached hydrogens (tertiary/aromatic N) is 1. The van der Waals surface area contributed by atoms with Gasteiger partial charge in [0.1, 0.15) is 6.04 Å². The van der Waals surface area contributed by atoms with E-state index >= 15 is 0 Å². The highest BCUT2D eigenvalue weighted by Crippen LogP contribution is 2.44. The molecule has 7 nitrogen and oxygen atoms in total. The molecule has 0 bridgehead atoms. The molecule has 3 fully saturated rings. The lowest BCUT2D eigenvalue weighted by molar-refractivity contribution is -0.136. The van der Waals surface area contributed by atoms with Gasteiger partial charge >= 0.3 is 0 Å². The third-order valence-corrected chi connectivity index (χ3v) is 6.42. The van der Waals surface area contributed by atoms with Crippen molar-refractivity contribution in [3.05, 3.63) is 34.9 Å². The summed E-state index contributed by atoms with van der Waals surface area (Å²) in [5.41, 5.74) is 2.78. The summed E-state index contributed by atoms with van der Waals surface area (Å²) >= 11 is 0. The van der Waals surface area contributed by atoms with Crippen molar-refractivity contribution in [2.45, 2.75) is 44.4 Å². The number of carbonyl (C=O) groups is 3.